The number of aromatic nitrogens is 2. The second kappa shape index (κ2) is 15.0. The molecular weight excluding hydrogens is 691 g/mol. The van der Waals surface area contributed by atoms with Gasteiger partial charge < -0.3 is 39.6 Å². The molecule has 6 rings (SSSR count). The topological polar surface area (TPSA) is 179 Å². The third-order valence-corrected chi connectivity index (χ3v) is 10.4. The summed E-state index contributed by atoms with van der Waals surface area (Å²) >= 11 is 1.45. The van der Waals surface area contributed by atoms with E-state index in [9.17, 15) is 24.3 Å². The maximum absolute atomic E-state index is 14.4. The molecular formula is C37H45N5O9S. The first-order chi connectivity index (χ1) is 24.8. The normalized spacial score (nSPS) is 25.8. The monoisotopic (exact) mass is 735 g/mol. The van der Waals surface area contributed by atoms with E-state index in [1.807, 2.05) is 29.7 Å². The number of allylic oxidation sites excluding steroid dienone is 1. The van der Waals surface area contributed by atoms with Crippen LogP contribution in [0.2, 0.25) is 0 Å². The van der Waals surface area contributed by atoms with Gasteiger partial charge >= 0.3 is 12.1 Å². The lowest BCUT2D eigenvalue weighted by Gasteiger charge is -2.30. The van der Waals surface area contributed by atoms with Gasteiger partial charge in [0.05, 0.1) is 36.7 Å². The lowest BCUT2D eigenvalue weighted by Crippen LogP contribution is -2.56. The zero-order chi connectivity index (χ0) is 37.2. The highest BCUT2D eigenvalue weighted by Gasteiger charge is 2.61. The van der Waals surface area contributed by atoms with E-state index in [4.69, 9.17) is 28.9 Å². The minimum atomic E-state index is -1.47. The number of methoxy groups -OCH3 is 2. The standard InChI is InChI=1S/C37H45N5O9S/c1-36(2,3)51-35(47)40-23-13-10-8-6-7-9-12-21-19-37(21,34(45)46)41-31(43)26-16-22(20-42(26)33(23)44)50-32-30(29-14-11-15-52-29)38-24-17-27(48-4)28(49-5)18-25(24)39-32/h9,11-12,14-15,17-18,21-23,26H,6-8,10,13,16,19-20H2,1-5H3,(H,40,47)(H,41,43)(H,45,46)/b12-9-/t21?,22-,23-,26?,37?/m1/s1. The highest BCUT2D eigenvalue weighted by molar-refractivity contribution is 7.13. The van der Waals surface area contributed by atoms with E-state index in [0.717, 1.165) is 24.1 Å². The molecule has 1 saturated carbocycles. The highest BCUT2D eigenvalue weighted by atomic mass is 32.1. The summed E-state index contributed by atoms with van der Waals surface area (Å²) in [5.74, 6) is -1.45. The number of carboxylic acids is 1. The molecule has 3 aromatic rings. The molecule has 3 amide bonds. The molecule has 1 aliphatic carbocycles. The lowest BCUT2D eigenvalue weighted by molar-refractivity contribution is -0.145. The zero-order valence-corrected chi connectivity index (χ0v) is 30.8. The van der Waals surface area contributed by atoms with E-state index in [1.165, 1.54) is 30.5 Å². The molecule has 0 spiro atoms. The van der Waals surface area contributed by atoms with Crippen molar-refractivity contribution in [3.8, 4) is 28.0 Å². The number of carbonyl (C=O) groups excluding carboxylic acids is 3. The summed E-state index contributed by atoms with van der Waals surface area (Å²) in [6.07, 6.45) is 5.93. The molecule has 14 nitrogen and oxygen atoms in total. The van der Waals surface area contributed by atoms with Crippen LogP contribution in [0.4, 0.5) is 4.79 Å². The van der Waals surface area contributed by atoms with Crippen LogP contribution >= 0.6 is 11.3 Å². The smallest absolute Gasteiger partial charge is 0.408 e. The fourth-order valence-electron chi connectivity index (χ4n) is 6.78. The van der Waals surface area contributed by atoms with Crippen molar-refractivity contribution in [2.24, 2.45) is 5.92 Å². The first-order valence-electron chi connectivity index (χ1n) is 17.5. The number of nitrogens with zero attached hydrogens (tertiary/aromatic N) is 3. The Balaban J connectivity index is 1.35. The summed E-state index contributed by atoms with van der Waals surface area (Å²) in [5.41, 5.74) is -0.767. The third-order valence-electron chi connectivity index (χ3n) is 9.48. The Labute approximate surface area is 305 Å². The molecule has 5 atom stereocenters. The number of nitrogens with one attached hydrogen (secondary N) is 2. The summed E-state index contributed by atoms with van der Waals surface area (Å²) in [5, 5.41) is 17.6. The number of rotatable bonds is 7. The molecule has 0 bridgehead atoms. The van der Waals surface area contributed by atoms with Crippen molar-refractivity contribution in [2.75, 3.05) is 20.8 Å². The highest BCUT2D eigenvalue weighted by Crippen LogP contribution is 2.45. The average Bonchev–Trinajstić information content (AvgIpc) is 3.39. The van der Waals surface area contributed by atoms with Gasteiger partial charge in [-0.15, -0.1) is 11.3 Å². The SMILES string of the molecule is COc1cc2nc(O[C@@H]3CC4C(=O)NC5(C(=O)O)CC5/C=C\CCCCC[C@@H](NC(=O)OC(C)(C)C)C(=O)N4C3)c(-c3cccs3)nc2cc1OC. The van der Waals surface area contributed by atoms with Gasteiger partial charge in [0.2, 0.25) is 17.7 Å². The predicted octanol–water partition coefficient (Wildman–Crippen LogP) is 5.10. The maximum atomic E-state index is 14.4. The number of carbonyl (C=O) groups is 4. The summed E-state index contributed by atoms with van der Waals surface area (Å²) in [6.45, 7) is 5.17. The van der Waals surface area contributed by atoms with Gasteiger partial charge in [-0.3, -0.25) is 9.59 Å². The van der Waals surface area contributed by atoms with Crippen LogP contribution in [0.3, 0.4) is 0 Å². The summed E-state index contributed by atoms with van der Waals surface area (Å²) in [4.78, 5) is 65.8. The summed E-state index contributed by atoms with van der Waals surface area (Å²) in [6, 6.07) is 5.12. The van der Waals surface area contributed by atoms with Gasteiger partial charge in [-0.2, -0.15) is 0 Å². The first-order valence-corrected chi connectivity index (χ1v) is 18.4. The number of carboxylic acid groups (broad SMARTS) is 1. The molecule has 3 unspecified atom stereocenters. The largest absolute Gasteiger partial charge is 0.493 e. The second-order valence-electron chi connectivity index (χ2n) is 14.4. The van der Waals surface area contributed by atoms with Crippen LogP contribution in [0, 0.1) is 5.92 Å². The molecule has 278 valence electrons. The van der Waals surface area contributed by atoms with Gasteiger partial charge in [0, 0.05) is 24.5 Å². The van der Waals surface area contributed by atoms with Gasteiger partial charge in [0.25, 0.3) is 0 Å². The van der Waals surface area contributed by atoms with Gasteiger partial charge in [-0.1, -0.05) is 31.1 Å². The number of aliphatic carboxylic acids is 1. The number of ether oxygens (including phenoxy) is 4. The molecule has 0 radical (unpaired) electrons. The van der Waals surface area contributed by atoms with Crippen LogP contribution in [0.15, 0.2) is 41.8 Å². The van der Waals surface area contributed by atoms with Gasteiger partial charge in [-0.25, -0.2) is 19.6 Å². The Morgan fingerprint density at radius 1 is 1.08 bits per heavy atom. The fraction of sp³-hybridized carbons (Fsp3) is 0.514. The Bertz CT molecular complexity index is 1860. The van der Waals surface area contributed by atoms with Crippen LogP contribution in [0.5, 0.6) is 17.4 Å². The Morgan fingerprint density at radius 2 is 1.81 bits per heavy atom. The molecule has 1 aromatic carbocycles. The number of amides is 3. The number of hydrogen-bond acceptors (Lipinski definition) is 11. The molecule has 1 saturated heterocycles. The number of fused-ring (bicyclic) bond motifs is 3. The van der Waals surface area contributed by atoms with Crippen molar-refractivity contribution in [1.29, 1.82) is 0 Å². The fourth-order valence-corrected chi connectivity index (χ4v) is 7.48. The van der Waals surface area contributed by atoms with E-state index < -0.39 is 53.2 Å². The summed E-state index contributed by atoms with van der Waals surface area (Å²) < 4.78 is 23.0. The van der Waals surface area contributed by atoms with Crippen molar-refractivity contribution in [3.63, 3.8) is 0 Å². The van der Waals surface area contributed by atoms with Crippen LogP contribution in [0.25, 0.3) is 21.6 Å². The van der Waals surface area contributed by atoms with Gasteiger partial charge in [0.1, 0.15) is 35.0 Å². The molecule has 2 aromatic heterocycles. The predicted molar refractivity (Wildman–Crippen MR) is 192 cm³/mol. The Kier molecular flexibility index (Phi) is 10.6. The Morgan fingerprint density at radius 3 is 2.46 bits per heavy atom. The van der Waals surface area contributed by atoms with E-state index in [0.29, 0.717) is 41.1 Å². The molecule has 52 heavy (non-hydrogen) atoms. The van der Waals surface area contributed by atoms with Crippen LogP contribution in [-0.2, 0) is 19.1 Å². The van der Waals surface area contributed by atoms with Crippen molar-refractivity contribution < 1.29 is 43.2 Å². The number of thiophene rings is 1. The maximum Gasteiger partial charge on any atom is 0.408 e. The second-order valence-corrected chi connectivity index (χ2v) is 15.3. The lowest BCUT2D eigenvalue weighted by atomic mass is 10.0. The molecule has 2 aliphatic heterocycles. The molecule has 15 heteroatoms. The van der Waals surface area contributed by atoms with Crippen molar-refractivity contribution in [1.82, 2.24) is 25.5 Å². The first kappa shape index (κ1) is 36.9. The van der Waals surface area contributed by atoms with Gasteiger partial charge in [0.15, 0.2) is 11.5 Å². The molecule has 3 N–H and O–H groups in total. The van der Waals surface area contributed by atoms with Gasteiger partial charge in [-0.05, 0) is 57.9 Å². The summed E-state index contributed by atoms with van der Waals surface area (Å²) in [7, 11) is 3.06. The van der Waals surface area contributed by atoms with Crippen molar-refractivity contribution >= 4 is 46.2 Å². The quantitative estimate of drug-likeness (QED) is 0.275. The van der Waals surface area contributed by atoms with Crippen LogP contribution < -0.4 is 24.8 Å². The van der Waals surface area contributed by atoms with Crippen molar-refractivity contribution in [2.45, 2.75) is 95.0 Å². The van der Waals surface area contributed by atoms with Crippen molar-refractivity contribution in [3.05, 3.63) is 41.8 Å². The Hall–Kier alpha value is -4.92. The minimum Gasteiger partial charge on any atom is -0.493 e. The van der Waals surface area contributed by atoms with Crippen LogP contribution in [-0.4, -0.2) is 93.9 Å². The van der Waals surface area contributed by atoms with E-state index in [1.54, 1.807) is 32.9 Å². The minimum absolute atomic E-state index is 0.0254. The zero-order valence-electron chi connectivity index (χ0n) is 30.0. The molecule has 2 fully saturated rings. The molecule has 4 heterocycles. The number of alkyl carbamates (subject to hydrolysis) is 1. The van der Waals surface area contributed by atoms with Crippen LogP contribution in [0.1, 0.15) is 65.7 Å². The molecule has 3 aliphatic rings. The number of hydrogen-bond donors (Lipinski definition) is 3. The number of benzene rings is 1. The van der Waals surface area contributed by atoms with E-state index in [2.05, 4.69) is 10.6 Å². The third kappa shape index (κ3) is 7.93. The average molecular weight is 736 g/mol. The van der Waals surface area contributed by atoms with E-state index in [-0.39, 0.29) is 31.2 Å². The van der Waals surface area contributed by atoms with E-state index >= 15 is 0 Å².